The number of hydrogen-bond acceptors (Lipinski definition) is 2. The number of terminal acetylenes is 1. The molecule has 0 aliphatic rings. The molecule has 2 rings (SSSR count). The summed E-state index contributed by atoms with van der Waals surface area (Å²) in [4.78, 5) is 16.3. The van der Waals surface area contributed by atoms with Gasteiger partial charge in [0, 0.05) is 0 Å². The third-order valence-electron chi connectivity index (χ3n) is 3.35. The van der Waals surface area contributed by atoms with Gasteiger partial charge in [-0.3, -0.25) is 4.79 Å². The van der Waals surface area contributed by atoms with Gasteiger partial charge < -0.3 is 9.88 Å². The number of fused-ring (bicyclic) bond motifs is 1. The second-order valence-electron chi connectivity index (χ2n) is 4.67. The lowest BCUT2D eigenvalue weighted by Gasteiger charge is -2.14. The molecule has 4 heteroatoms. The highest BCUT2D eigenvalue weighted by atomic mass is 16.2. The number of amides is 1. The van der Waals surface area contributed by atoms with E-state index in [1.165, 1.54) is 11.1 Å². The maximum atomic E-state index is 11.9. The van der Waals surface area contributed by atoms with E-state index in [4.69, 9.17) is 6.42 Å². The van der Waals surface area contributed by atoms with Crippen molar-refractivity contribution in [3.8, 4) is 12.3 Å². The fraction of sp³-hybridized carbons (Fsp3) is 0.333. The minimum Gasteiger partial charge on any atom is -0.343 e. The maximum Gasteiger partial charge on any atom is 0.243 e. The summed E-state index contributed by atoms with van der Waals surface area (Å²) in [6.45, 7) is 6.18. The highest BCUT2D eigenvalue weighted by molar-refractivity contribution is 5.84. The summed E-state index contributed by atoms with van der Waals surface area (Å²) in [7, 11) is 0. The molecule has 2 aromatic rings. The van der Waals surface area contributed by atoms with Gasteiger partial charge >= 0.3 is 0 Å². The summed E-state index contributed by atoms with van der Waals surface area (Å²) in [6, 6.07) is 3.76. The summed E-state index contributed by atoms with van der Waals surface area (Å²) in [5.41, 5.74) is 4.25. The largest absolute Gasteiger partial charge is 0.343 e. The molecule has 98 valence electrons. The molecule has 19 heavy (non-hydrogen) atoms. The molecular formula is C15H17N3O. The topological polar surface area (TPSA) is 46.9 Å². The Labute approximate surface area is 112 Å². The molecule has 1 heterocycles. The molecule has 0 aliphatic heterocycles. The highest BCUT2D eigenvalue weighted by Gasteiger charge is 2.16. The summed E-state index contributed by atoms with van der Waals surface area (Å²) >= 11 is 0. The van der Waals surface area contributed by atoms with Crippen LogP contribution in [0.2, 0.25) is 0 Å². The monoisotopic (exact) mass is 255 g/mol. The molecule has 1 amide bonds. The third kappa shape index (κ3) is 2.45. The molecule has 1 unspecified atom stereocenters. The number of nitrogens with zero attached hydrogens (tertiary/aromatic N) is 2. The van der Waals surface area contributed by atoms with E-state index in [-0.39, 0.29) is 18.5 Å². The van der Waals surface area contributed by atoms with E-state index >= 15 is 0 Å². The van der Waals surface area contributed by atoms with Crippen LogP contribution in [0.1, 0.15) is 24.1 Å². The number of carbonyl (C=O) groups excluding carboxylic acids is 1. The van der Waals surface area contributed by atoms with Crippen molar-refractivity contribution in [3.63, 3.8) is 0 Å². The van der Waals surface area contributed by atoms with E-state index in [2.05, 4.69) is 36.1 Å². The fourth-order valence-corrected chi connectivity index (χ4v) is 2.00. The van der Waals surface area contributed by atoms with Gasteiger partial charge in [-0.1, -0.05) is 5.92 Å². The molecule has 1 aromatic heterocycles. The number of benzene rings is 1. The van der Waals surface area contributed by atoms with E-state index in [0.717, 1.165) is 11.0 Å². The summed E-state index contributed by atoms with van der Waals surface area (Å²) in [5.74, 6) is 2.29. The first-order valence-corrected chi connectivity index (χ1v) is 6.19. The SMILES string of the molecule is C#CCNC(=O)C(C)n1cnc2cc(C)c(C)cc21. The van der Waals surface area contributed by atoms with Crippen LogP contribution in [0.15, 0.2) is 18.5 Å². The Morgan fingerprint density at radius 2 is 2.16 bits per heavy atom. The van der Waals surface area contributed by atoms with Gasteiger partial charge in [-0.2, -0.15) is 0 Å². The Morgan fingerprint density at radius 1 is 1.47 bits per heavy atom. The number of hydrogen-bond donors (Lipinski definition) is 1. The summed E-state index contributed by atoms with van der Waals surface area (Å²) in [5, 5.41) is 2.69. The van der Waals surface area contributed by atoms with Crippen LogP contribution in [0.5, 0.6) is 0 Å². The standard InChI is InChI=1S/C15H17N3O/c1-5-6-16-15(19)12(4)18-9-17-13-7-10(2)11(3)8-14(13)18/h1,7-9,12H,6H2,2-4H3,(H,16,19). The van der Waals surface area contributed by atoms with Crippen molar-refractivity contribution >= 4 is 16.9 Å². The molecule has 1 aromatic carbocycles. The average Bonchev–Trinajstić information content (AvgIpc) is 2.78. The smallest absolute Gasteiger partial charge is 0.243 e. The van der Waals surface area contributed by atoms with Gasteiger partial charge in [0.2, 0.25) is 5.91 Å². The Bertz CT molecular complexity index is 664. The van der Waals surface area contributed by atoms with Crippen molar-refractivity contribution in [1.29, 1.82) is 0 Å². The third-order valence-corrected chi connectivity index (χ3v) is 3.35. The van der Waals surface area contributed by atoms with Crippen LogP contribution in [0.4, 0.5) is 0 Å². The molecular weight excluding hydrogens is 238 g/mol. The molecule has 1 N–H and O–H groups in total. The van der Waals surface area contributed by atoms with Crippen molar-refractivity contribution in [3.05, 3.63) is 29.6 Å². The predicted molar refractivity (Wildman–Crippen MR) is 75.8 cm³/mol. The maximum absolute atomic E-state index is 11.9. The molecule has 4 nitrogen and oxygen atoms in total. The van der Waals surface area contributed by atoms with Crippen LogP contribution < -0.4 is 5.32 Å². The van der Waals surface area contributed by atoms with Gasteiger partial charge in [0.15, 0.2) is 0 Å². The zero-order valence-corrected chi connectivity index (χ0v) is 11.4. The van der Waals surface area contributed by atoms with Gasteiger partial charge in [-0.25, -0.2) is 4.98 Å². The van der Waals surface area contributed by atoms with Crippen molar-refractivity contribution in [2.75, 3.05) is 6.54 Å². The van der Waals surface area contributed by atoms with E-state index in [1.54, 1.807) is 6.33 Å². The number of carbonyl (C=O) groups is 1. The van der Waals surface area contributed by atoms with Crippen molar-refractivity contribution in [1.82, 2.24) is 14.9 Å². The lowest BCUT2D eigenvalue weighted by atomic mass is 10.1. The molecule has 0 aliphatic carbocycles. The quantitative estimate of drug-likeness (QED) is 0.852. The lowest BCUT2D eigenvalue weighted by Crippen LogP contribution is -2.30. The van der Waals surface area contributed by atoms with Crippen molar-refractivity contribution < 1.29 is 4.79 Å². The van der Waals surface area contributed by atoms with E-state index in [9.17, 15) is 4.79 Å². The average molecular weight is 255 g/mol. The molecule has 0 radical (unpaired) electrons. The number of imidazole rings is 1. The van der Waals surface area contributed by atoms with Gasteiger partial charge in [0.05, 0.1) is 23.9 Å². The number of rotatable bonds is 3. The Kier molecular flexibility index (Phi) is 3.57. The van der Waals surface area contributed by atoms with Gasteiger partial charge in [0.25, 0.3) is 0 Å². The van der Waals surface area contributed by atoms with Crippen molar-refractivity contribution in [2.24, 2.45) is 0 Å². The second kappa shape index (κ2) is 5.15. The Morgan fingerprint density at radius 3 is 2.84 bits per heavy atom. The number of nitrogens with one attached hydrogen (secondary N) is 1. The van der Waals surface area contributed by atoms with Crippen molar-refractivity contribution in [2.45, 2.75) is 26.8 Å². The highest BCUT2D eigenvalue weighted by Crippen LogP contribution is 2.21. The molecule has 0 fully saturated rings. The predicted octanol–water partition coefficient (Wildman–Crippen LogP) is 1.96. The van der Waals surface area contributed by atoms with Crippen LogP contribution in [0, 0.1) is 26.2 Å². The van der Waals surface area contributed by atoms with E-state index < -0.39 is 0 Å². The van der Waals surface area contributed by atoms with Gasteiger partial charge in [-0.15, -0.1) is 6.42 Å². The molecule has 0 saturated heterocycles. The van der Waals surface area contributed by atoms with E-state index in [0.29, 0.717) is 0 Å². The van der Waals surface area contributed by atoms with Gasteiger partial charge in [-0.05, 0) is 44.0 Å². The minimum atomic E-state index is -0.333. The first-order valence-electron chi connectivity index (χ1n) is 6.19. The Balaban J connectivity index is 2.38. The first kappa shape index (κ1) is 13.2. The molecule has 0 saturated carbocycles. The Hall–Kier alpha value is -2.28. The van der Waals surface area contributed by atoms with Crippen LogP contribution in [-0.2, 0) is 4.79 Å². The minimum absolute atomic E-state index is 0.101. The van der Waals surface area contributed by atoms with Crippen LogP contribution >= 0.6 is 0 Å². The van der Waals surface area contributed by atoms with Crippen LogP contribution in [-0.4, -0.2) is 22.0 Å². The van der Waals surface area contributed by atoms with Crippen LogP contribution in [0.25, 0.3) is 11.0 Å². The zero-order chi connectivity index (χ0) is 14.0. The molecule has 1 atom stereocenters. The molecule has 0 spiro atoms. The van der Waals surface area contributed by atoms with E-state index in [1.807, 2.05) is 17.6 Å². The fourth-order valence-electron chi connectivity index (χ4n) is 2.00. The van der Waals surface area contributed by atoms with Crippen LogP contribution in [0.3, 0.4) is 0 Å². The number of aryl methyl sites for hydroxylation is 2. The summed E-state index contributed by atoms with van der Waals surface area (Å²) < 4.78 is 1.87. The summed E-state index contributed by atoms with van der Waals surface area (Å²) in [6.07, 6.45) is 6.84. The second-order valence-corrected chi connectivity index (χ2v) is 4.67. The zero-order valence-electron chi connectivity index (χ0n) is 11.4. The normalized spacial score (nSPS) is 12.1. The molecule has 0 bridgehead atoms. The lowest BCUT2D eigenvalue weighted by molar-refractivity contribution is -0.123. The first-order chi connectivity index (χ1) is 9.04. The van der Waals surface area contributed by atoms with Gasteiger partial charge in [0.1, 0.15) is 6.04 Å². The number of aromatic nitrogens is 2.